The number of pyridine rings is 1. The Morgan fingerprint density at radius 1 is 1.08 bits per heavy atom. The number of carbonyl (C=O) groups excluding carboxylic acids is 2. The Kier molecular flexibility index (Phi) is 6.75. The first-order valence-corrected chi connectivity index (χ1v) is 12.7. The number of aliphatic hydroxyl groups excluding tert-OH is 1. The third-order valence-corrected chi connectivity index (χ3v) is 7.69. The number of carbonyl (C=O) groups is 2. The summed E-state index contributed by atoms with van der Waals surface area (Å²) in [4.78, 5) is 31.8. The van der Waals surface area contributed by atoms with Gasteiger partial charge in [0, 0.05) is 55.0 Å². The lowest BCUT2D eigenvalue weighted by Crippen LogP contribution is -2.42. The van der Waals surface area contributed by atoms with E-state index in [0.29, 0.717) is 17.2 Å². The van der Waals surface area contributed by atoms with E-state index in [1.165, 1.54) is 17.8 Å². The number of aliphatic hydroxyl groups is 1. The van der Waals surface area contributed by atoms with Gasteiger partial charge in [-0.25, -0.2) is 0 Å². The van der Waals surface area contributed by atoms with Gasteiger partial charge in [-0.3, -0.25) is 14.6 Å². The second-order valence-electron chi connectivity index (χ2n) is 10.0. The van der Waals surface area contributed by atoms with E-state index in [2.05, 4.69) is 21.1 Å². The van der Waals surface area contributed by atoms with Gasteiger partial charge in [0.1, 0.15) is 5.69 Å². The SMILES string of the molecule is Cn1cc(C2CCN(C(=O)C3CCC(O)CC3)CC2)c2cc(NC(=O)c3cc(C#N)ccn3)ccc21. The Balaban J connectivity index is 1.29. The molecule has 5 rings (SSSR count). The van der Waals surface area contributed by atoms with Gasteiger partial charge in [0.25, 0.3) is 5.91 Å². The molecule has 0 unspecified atom stereocenters. The molecule has 2 aromatic heterocycles. The van der Waals surface area contributed by atoms with Gasteiger partial charge in [0.2, 0.25) is 5.91 Å². The maximum atomic E-state index is 13.0. The van der Waals surface area contributed by atoms with E-state index in [9.17, 15) is 14.7 Å². The number of fused-ring (bicyclic) bond motifs is 1. The first-order chi connectivity index (χ1) is 17.4. The summed E-state index contributed by atoms with van der Waals surface area (Å²) in [5.41, 5.74) is 3.60. The van der Waals surface area contributed by atoms with Crippen LogP contribution in [0.4, 0.5) is 5.69 Å². The predicted molar refractivity (Wildman–Crippen MR) is 136 cm³/mol. The van der Waals surface area contributed by atoms with Crippen LogP contribution in [0, 0.1) is 17.2 Å². The predicted octanol–water partition coefficient (Wildman–Crippen LogP) is 3.95. The molecule has 0 atom stereocenters. The van der Waals surface area contributed by atoms with Crippen molar-refractivity contribution in [2.24, 2.45) is 13.0 Å². The van der Waals surface area contributed by atoms with Crippen molar-refractivity contribution in [2.45, 2.75) is 50.5 Å². The van der Waals surface area contributed by atoms with Crippen LogP contribution in [0.25, 0.3) is 10.9 Å². The fourth-order valence-corrected chi connectivity index (χ4v) is 5.64. The monoisotopic (exact) mass is 485 g/mol. The molecule has 1 aromatic carbocycles. The first-order valence-electron chi connectivity index (χ1n) is 12.7. The largest absolute Gasteiger partial charge is 0.393 e. The highest BCUT2D eigenvalue weighted by Crippen LogP contribution is 2.36. The number of amides is 2. The fraction of sp³-hybridized carbons (Fsp3) is 0.429. The van der Waals surface area contributed by atoms with Crippen molar-refractivity contribution in [2.75, 3.05) is 18.4 Å². The highest BCUT2D eigenvalue weighted by Gasteiger charge is 2.32. The molecule has 2 N–H and O–H groups in total. The van der Waals surface area contributed by atoms with Gasteiger partial charge in [-0.15, -0.1) is 0 Å². The number of hydrogen-bond acceptors (Lipinski definition) is 5. The van der Waals surface area contributed by atoms with Crippen molar-refractivity contribution in [3.63, 3.8) is 0 Å². The van der Waals surface area contributed by atoms with Crippen LogP contribution in [0.15, 0.2) is 42.7 Å². The van der Waals surface area contributed by atoms with E-state index >= 15 is 0 Å². The minimum Gasteiger partial charge on any atom is -0.393 e. The van der Waals surface area contributed by atoms with E-state index in [-0.39, 0.29) is 29.5 Å². The zero-order chi connectivity index (χ0) is 25.2. The highest BCUT2D eigenvalue weighted by atomic mass is 16.3. The lowest BCUT2D eigenvalue weighted by Gasteiger charge is -2.35. The molecule has 0 radical (unpaired) electrons. The molecular formula is C28H31N5O3. The second kappa shape index (κ2) is 10.1. The van der Waals surface area contributed by atoms with Crippen molar-refractivity contribution in [3.05, 3.63) is 59.5 Å². The number of piperidine rings is 1. The lowest BCUT2D eigenvalue weighted by molar-refractivity contribution is -0.138. The van der Waals surface area contributed by atoms with Crippen LogP contribution in [-0.2, 0) is 11.8 Å². The Morgan fingerprint density at radius 3 is 2.56 bits per heavy atom. The smallest absolute Gasteiger partial charge is 0.274 e. The van der Waals surface area contributed by atoms with Crippen molar-refractivity contribution in [1.29, 1.82) is 5.26 Å². The quantitative estimate of drug-likeness (QED) is 0.581. The van der Waals surface area contributed by atoms with E-state index in [4.69, 9.17) is 5.26 Å². The van der Waals surface area contributed by atoms with Crippen molar-refractivity contribution >= 4 is 28.4 Å². The van der Waals surface area contributed by atoms with Crippen molar-refractivity contribution in [3.8, 4) is 6.07 Å². The van der Waals surface area contributed by atoms with Gasteiger partial charge >= 0.3 is 0 Å². The lowest BCUT2D eigenvalue weighted by atomic mass is 9.85. The van der Waals surface area contributed by atoms with Crippen molar-refractivity contribution < 1.29 is 14.7 Å². The topological polar surface area (TPSA) is 111 Å². The van der Waals surface area contributed by atoms with E-state index in [1.807, 2.05) is 36.2 Å². The number of nitriles is 1. The summed E-state index contributed by atoms with van der Waals surface area (Å²) in [6, 6.07) is 11.0. The minimum absolute atomic E-state index is 0.0528. The summed E-state index contributed by atoms with van der Waals surface area (Å²) in [6.45, 7) is 1.49. The summed E-state index contributed by atoms with van der Waals surface area (Å²) in [5, 5.41) is 22.8. The fourth-order valence-electron chi connectivity index (χ4n) is 5.64. The molecule has 0 bridgehead atoms. The molecule has 3 heterocycles. The van der Waals surface area contributed by atoms with E-state index in [1.54, 1.807) is 6.07 Å². The average Bonchev–Trinajstić information content (AvgIpc) is 3.24. The normalized spacial score (nSPS) is 20.8. The number of benzene rings is 1. The Bertz CT molecular complexity index is 1320. The third kappa shape index (κ3) is 4.84. The summed E-state index contributed by atoms with van der Waals surface area (Å²) < 4.78 is 2.11. The van der Waals surface area contributed by atoms with Gasteiger partial charge in [0.15, 0.2) is 0 Å². The Morgan fingerprint density at radius 2 is 1.83 bits per heavy atom. The van der Waals surface area contributed by atoms with Gasteiger partial charge in [-0.2, -0.15) is 5.26 Å². The molecule has 186 valence electrons. The maximum Gasteiger partial charge on any atom is 0.274 e. The molecule has 2 amide bonds. The van der Waals surface area contributed by atoms with Crippen molar-refractivity contribution in [1.82, 2.24) is 14.5 Å². The number of anilines is 1. The zero-order valence-corrected chi connectivity index (χ0v) is 20.5. The van der Waals surface area contributed by atoms with Gasteiger partial charge in [0.05, 0.1) is 17.7 Å². The van der Waals surface area contributed by atoms with Gasteiger partial charge < -0.3 is 19.9 Å². The average molecular weight is 486 g/mol. The second-order valence-corrected chi connectivity index (χ2v) is 10.0. The molecule has 1 aliphatic heterocycles. The molecule has 1 saturated carbocycles. The van der Waals surface area contributed by atoms with Crippen LogP contribution < -0.4 is 5.32 Å². The number of aromatic nitrogens is 2. The molecule has 3 aromatic rings. The van der Waals surface area contributed by atoms with Crippen LogP contribution in [0.3, 0.4) is 0 Å². The van der Waals surface area contributed by atoms with Crippen LogP contribution in [0.5, 0.6) is 0 Å². The molecular weight excluding hydrogens is 454 g/mol. The molecule has 0 spiro atoms. The summed E-state index contributed by atoms with van der Waals surface area (Å²) in [6.07, 6.45) is 8.20. The van der Waals surface area contributed by atoms with Crippen LogP contribution in [0.2, 0.25) is 0 Å². The molecule has 2 fully saturated rings. The Hall–Kier alpha value is -3.70. The highest BCUT2D eigenvalue weighted by molar-refractivity contribution is 6.04. The molecule has 2 aliphatic rings. The summed E-state index contributed by atoms with van der Waals surface area (Å²) in [7, 11) is 2.03. The molecule has 8 heteroatoms. The minimum atomic E-state index is -0.356. The number of aryl methyl sites for hydroxylation is 1. The van der Waals surface area contributed by atoms with Crippen LogP contribution >= 0.6 is 0 Å². The maximum absolute atomic E-state index is 13.0. The van der Waals surface area contributed by atoms with Crippen LogP contribution in [0.1, 0.15) is 66.1 Å². The standard InChI is InChI=1S/C28H31N5O3/c1-32-17-24(19-9-12-33(13-10-19)28(36)20-2-5-22(34)6-3-20)23-15-21(4-7-26(23)32)31-27(35)25-14-18(16-29)8-11-30-25/h4,7-8,11,14-15,17,19-20,22,34H,2-3,5-6,9-10,12-13H2,1H3,(H,31,35). The molecule has 36 heavy (non-hydrogen) atoms. The molecule has 1 aliphatic carbocycles. The number of nitrogens with one attached hydrogen (secondary N) is 1. The first kappa shape index (κ1) is 24.0. The molecule has 8 nitrogen and oxygen atoms in total. The van der Waals surface area contributed by atoms with Crippen LogP contribution in [-0.4, -0.2) is 50.6 Å². The molecule has 1 saturated heterocycles. The van der Waals surface area contributed by atoms with Gasteiger partial charge in [-0.05, 0) is 80.3 Å². The van der Waals surface area contributed by atoms with E-state index < -0.39 is 0 Å². The Labute approximate surface area is 210 Å². The van der Waals surface area contributed by atoms with E-state index in [0.717, 1.165) is 62.5 Å². The zero-order valence-electron chi connectivity index (χ0n) is 20.5. The summed E-state index contributed by atoms with van der Waals surface area (Å²) >= 11 is 0. The number of rotatable bonds is 4. The number of hydrogen-bond donors (Lipinski definition) is 2. The number of nitrogens with zero attached hydrogens (tertiary/aromatic N) is 4. The van der Waals surface area contributed by atoms with Gasteiger partial charge in [-0.1, -0.05) is 0 Å². The number of likely N-dealkylation sites (tertiary alicyclic amines) is 1. The third-order valence-electron chi connectivity index (χ3n) is 7.69. The summed E-state index contributed by atoms with van der Waals surface area (Å²) in [5.74, 6) is 0.284.